The van der Waals surface area contributed by atoms with Gasteiger partial charge in [-0.3, -0.25) is 9.78 Å². The fourth-order valence-corrected chi connectivity index (χ4v) is 3.49. The Bertz CT molecular complexity index is 914. The van der Waals surface area contributed by atoms with Crippen LogP contribution in [0.2, 0.25) is 3.86 Å². The number of nitrogens with two attached hydrogens (primary N) is 3. The fourth-order valence-electron chi connectivity index (χ4n) is 2.21. The molecule has 148 valence electrons. The zero-order chi connectivity index (χ0) is 20.7. The first kappa shape index (κ1) is 22.0. The van der Waals surface area contributed by atoms with Gasteiger partial charge in [-0.2, -0.15) is 0 Å². The van der Waals surface area contributed by atoms with Crippen molar-refractivity contribution < 1.29 is 19.0 Å². The van der Waals surface area contributed by atoms with Crippen LogP contribution in [0.15, 0.2) is 48.3 Å². The molecule has 0 saturated carbocycles. The number of benzene rings is 1. The van der Waals surface area contributed by atoms with Gasteiger partial charge in [0, 0.05) is 23.5 Å². The number of allylic oxidation sites excluding steroid dienone is 1. The van der Waals surface area contributed by atoms with Crippen molar-refractivity contribution in [1.29, 1.82) is 0 Å². The normalized spacial score (nSPS) is 15.6. The number of rotatable bonds is 6. The van der Waals surface area contributed by atoms with Crippen LogP contribution in [0, 0.1) is 5.82 Å². The van der Waals surface area contributed by atoms with E-state index < -0.39 is 5.91 Å². The number of amides is 1. The molecule has 0 spiro atoms. The number of halogens is 1. The molecule has 7 N–H and O–H groups in total. The summed E-state index contributed by atoms with van der Waals surface area (Å²) < 4.78 is 20.7. The second-order valence-corrected chi connectivity index (χ2v) is 9.92. The van der Waals surface area contributed by atoms with E-state index in [1.165, 1.54) is 18.3 Å². The van der Waals surface area contributed by atoms with Crippen molar-refractivity contribution in [2.45, 2.75) is 17.4 Å². The number of carbonyl (C=O) groups excluding carboxylic acids is 1. The van der Waals surface area contributed by atoms with E-state index in [-0.39, 0.29) is 44.8 Å². The standard InChI is InChI=1S/C16H16FN3O2.C3H6NO.Sb/c1-10(18)15(16(19)21)14-8-12(6-7-20-14)22-9-11-4-2-3-5-13(11)17;4-2-1-3-5;/h2-8H,9,18H2,1H3,(H2,19,21);1,5H,3-4H2;/b15-10+;;. The van der Waals surface area contributed by atoms with Gasteiger partial charge in [-0.05, 0) is 19.1 Å². The Kier molecular flexibility index (Phi) is 8.11. The van der Waals surface area contributed by atoms with E-state index in [1.807, 2.05) is 0 Å². The van der Waals surface area contributed by atoms with E-state index in [4.69, 9.17) is 27.0 Å². The Morgan fingerprint density at radius 2 is 2.00 bits per heavy atom. The van der Waals surface area contributed by atoms with E-state index in [0.29, 0.717) is 27.5 Å². The number of ether oxygens (including phenoxy) is 1. The van der Waals surface area contributed by atoms with Gasteiger partial charge in [0.05, 0.1) is 11.3 Å². The van der Waals surface area contributed by atoms with Crippen molar-refractivity contribution in [3.8, 4) is 5.75 Å². The van der Waals surface area contributed by atoms with E-state index in [1.54, 1.807) is 31.2 Å². The van der Waals surface area contributed by atoms with Crippen molar-refractivity contribution in [3.05, 3.63) is 65.4 Å². The van der Waals surface area contributed by atoms with Crippen LogP contribution in [0.25, 0.3) is 5.57 Å². The summed E-state index contributed by atoms with van der Waals surface area (Å²) >= 11 is -0.130. The summed E-state index contributed by atoms with van der Waals surface area (Å²) in [5.41, 5.74) is 17.4. The molecule has 0 saturated heterocycles. The molecule has 0 aliphatic carbocycles. The van der Waals surface area contributed by atoms with Crippen LogP contribution < -0.4 is 21.9 Å². The molecule has 1 amide bonds. The van der Waals surface area contributed by atoms with Gasteiger partial charge in [-0.1, -0.05) is 18.2 Å². The number of nitrogens with zero attached hydrogens (tertiary/aromatic N) is 1. The van der Waals surface area contributed by atoms with Gasteiger partial charge in [0.1, 0.15) is 18.2 Å². The van der Waals surface area contributed by atoms with Crippen LogP contribution in [-0.2, 0) is 11.4 Å². The van der Waals surface area contributed by atoms with Crippen LogP contribution >= 0.6 is 0 Å². The van der Waals surface area contributed by atoms with Gasteiger partial charge >= 0.3 is 46.0 Å². The molecule has 0 bridgehead atoms. The molecule has 9 heteroatoms. The third-order valence-corrected chi connectivity index (χ3v) is 6.83. The predicted octanol–water partition coefficient (Wildman–Crippen LogP) is 0.548. The topological polar surface area (TPSA) is 137 Å². The van der Waals surface area contributed by atoms with Crippen molar-refractivity contribution >= 4 is 36.2 Å². The van der Waals surface area contributed by atoms with Crippen LogP contribution in [0.1, 0.15) is 18.2 Å². The van der Waals surface area contributed by atoms with Crippen molar-refractivity contribution in [2.24, 2.45) is 17.2 Å². The minimum atomic E-state index is -0.668. The summed E-state index contributed by atoms with van der Waals surface area (Å²) in [6.07, 6.45) is 1.47. The SMILES string of the molecule is C/C(N)=C(\C(N)=O)c1cc(OCc2ccccc2F)ccn1.N[C]1=[Sb][CH]1CO. The maximum atomic E-state index is 13.5. The Labute approximate surface area is 172 Å². The van der Waals surface area contributed by atoms with Gasteiger partial charge in [-0.25, -0.2) is 4.39 Å². The Morgan fingerprint density at radius 3 is 2.50 bits per heavy atom. The first-order chi connectivity index (χ1) is 13.3. The zero-order valence-corrected chi connectivity index (χ0v) is 17.9. The van der Waals surface area contributed by atoms with E-state index in [2.05, 4.69) is 4.98 Å². The van der Waals surface area contributed by atoms with Crippen LogP contribution in [0.3, 0.4) is 0 Å². The van der Waals surface area contributed by atoms with Crippen LogP contribution in [-0.4, -0.2) is 47.3 Å². The first-order valence-corrected chi connectivity index (χ1v) is 11.1. The molecule has 1 aromatic carbocycles. The summed E-state index contributed by atoms with van der Waals surface area (Å²) in [5.74, 6) is -0.570. The molecule has 2 aromatic rings. The van der Waals surface area contributed by atoms with Gasteiger partial charge in [-0.15, -0.1) is 0 Å². The van der Waals surface area contributed by atoms with E-state index in [0.717, 1.165) is 3.57 Å². The van der Waals surface area contributed by atoms with Crippen LogP contribution in [0.5, 0.6) is 5.75 Å². The molecule has 2 heterocycles. The maximum absolute atomic E-state index is 13.5. The van der Waals surface area contributed by atoms with Crippen molar-refractivity contribution in [2.75, 3.05) is 6.61 Å². The van der Waals surface area contributed by atoms with Crippen molar-refractivity contribution in [3.63, 3.8) is 0 Å². The number of aliphatic hydroxyl groups is 1. The molecule has 0 fully saturated rings. The minimum absolute atomic E-state index is 0.0629. The Balaban J connectivity index is 0.000000397. The second-order valence-electron chi connectivity index (χ2n) is 5.93. The number of hydrogen-bond acceptors (Lipinski definition) is 6. The number of pyridine rings is 1. The van der Waals surface area contributed by atoms with Gasteiger partial charge in [0.2, 0.25) is 0 Å². The second kappa shape index (κ2) is 10.3. The summed E-state index contributed by atoms with van der Waals surface area (Å²) in [7, 11) is 0. The summed E-state index contributed by atoms with van der Waals surface area (Å²) in [6, 6.07) is 9.48. The molecule has 3 rings (SSSR count). The number of primary amides is 1. The molecular formula is C19H22FN4O3Sb. The third kappa shape index (κ3) is 6.40. The molecule has 1 unspecified atom stereocenters. The number of hydrogen-bond donors (Lipinski definition) is 4. The average Bonchev–Trinajstić information content (AvgIpc) is 3.37. The number of carbonyl (C=O) groups is 1. The molecule has 1 aliphatic heterocycles. The molecule has 7 nitrogen and oxygen atoms in total. The summed E-state index contributed by atoms with van der Waals surface area (Å²) in [4.78, 5) is 15.5. The summed E-state index contributed by atoms with van der Waals surface area (Å²) in [5, 5.41) is 8.31. The molecule has 1 aliphatic rings. The van der Waals surface area contributed by atoms with E-state index >= 15 is 0 Å². The third-order valence-electron chi connectivity index (χ3n) is 3.73. The van der Waals surface area contributed by atoms with Gasteiger partial charge in [0.25, 0.3) is 5.91 Å². The van der Waals surface area contributed by atoms with Gasteiger partial charge < -0.3 is 16.2 Å². The van der Waals surface area contributed by atoms with Gasteiger partial charge in [0.15, 0.2) is 0 Å². The molecular weight excluding hydrogens is 473 g/mol. The van der Waals surface area contributed by atoms with Crippen LogP contribution in [0.4, 0.5) is 4.39 Å². The number of aliphatic hydroxyl groups excluding tert-OH is 1. The average molecular weight is 495 g/mol. The summed E-state index contributed by atoms with van der Waals surface area (Å²) in [6.45, 7) is 1.94. The Hall–Kier alpha value is -2.28. The number of aromatic nitrogens is 1. The quantitative estimate of drug-likeness (QED) is 0.341. The molecule has 1 aromatic heterocycles. The molecule has 28 heavy (non-hydrogen) atoms. The first-order valence-electron chi connectivity index (χ1n) is 8.36. The fraction of sp³-hybridized carbons (Fsp3) is 0.211. The van der Waals surface area contributed by atoms with Crippen molar-refractivity contribution in [1.82, 2.24) is 4.98 Å². The molecule has 0 radical (unpaired) electrons. The Morgan fingerprint density at radius 1 is 1.32 bits per heavy atom. The zero-order valence-electron chi connectivity index (χ0n) is 15.3. The molecule has 1 atom stereocenters. The predicted molar refractivity (Wildman–Crippen MR) is 107 cm³/mol. The van der Waals surface area contributed by atoms with E-state index in [9.17, 15) is 9.18 Å². The monoisotopic (exact) mass is 494 g/mol.